The fraction of sp³-hybridized carbons (Fsp3) is 0.724. The van der Waals surface area contributed by atoms with Crippen LogP contribution in [0.3, 0.4) is 0 Å². The third-order valence-corrected chi connectivity index (χ3v) is 8.21. The molecule has 0 radical (unpaired) electrons. The number of carbonyl (C=O) groups is 2. The molecule has 8 heteroatoms. The highest BCUT2D eigenvalue weighted by Crippen LogP contribution is 2.24. The van der Waals surface area contributed by atoms with Crippen LogP contribution in [0, 0.1) is 5.92 Å². The molecule has 3 heterocycles. The molecule has 0 aromatic heterocycles. The van der Waals surface area contributed by atoms with Crippen LogP contribution in [0.25, 0.3) is 0 Å². The lowest BCUT2D eigenvalue weighted by Gasteiger charge is -2.35. The lowest BCUT2D eigenvalue weighted by molar-refractivity contribution is -0.140. The summed E-state index contributed by atoms with van der Waals surface area (Å²) >= 11 is 0. The average Bonchev–Trinajstić information content (AvgIpc) is 3.27. The summed E-state index contributed by atoms with van der Waals surface area (Å²) in [5.74, 6) is 0.690. The van der Waals surface area contributed by atoms with E-state index in [1.54, 1.807) is 0 Å². The first-order chi connectivity index (χ1) is 18.1. The number of hydrogen-bond acceptors (Lipinski definition) is 7. The normalized spacial score (nSPS) is 22.4. The van der Waals surface area contributed by atoms with Crippen molar-refractivity contribution in [3.63, 3.8) is 0 Å². The second-order valence-corrected chi connectivity index (χ2v) is 11.0. The number of esters is 1. The van der Waals surface area contributed by atoms with E-state index < -0.39 is 0 Å². The minimum Gasteiger partial charge on any atom is -0.469 e. The Morgan fingerprint density at radius 3 is 2.38 bits per heavy atom. The highest BCUT2D eigenvalue weighted by molar-refractivity contribution is 5.70. The number of ether oxygens (including phenoxy) is 2. The van der Waals surface area contributed by atoms with Crippen molar-refractivity contribution in [2.24, 2.45) is 5.92 Å². The third kappa shape index (κ3) is 9.27. The van der Waals surface area contributed by atoms with Gasteiger partial charge in [0.1, 0.15) is 6.10 Å². The number of unbranched alkanes of at least 4 members (excludes halogenated alkanes) is 1. The SMILES string of the molecule is COC(=O)CCCN1CCN(CC2CN(CCCCC3CCN(Cc4ccccc4)CC3)C(=O)O2)CC1. The van der Waals surface area contributed by atoms with E-state index in [4.69, 9.17) is 9.47 Å². The van der Waals surface area contributed by atoms with Crippen LogP contribution in [0.1, 0.15) is 50.5 Å². The number of benzene rings is 1. The summed E-state index contributed by atoms with van der Waals surface area (Å²) < 4.78 is 10.4. The Hall–Kier alpha value is -2.16. The van der Waals surface area contributed by atoms with E-state index in [2.05, 4.69) is 45.0 Å². The standard InChI is InChI=1S/C29H46N4O4/c1-36-28(34)11-7-14-30-18-20-32(21-19-30)23-27-24-33(29(35)37-27)15-6-5-8-25-12-16-31(17-13-25)22-26-9-3-2-4-10-26/h2-4,9-10,25,27H,5-8,11-24H2,1H3. The van der Waals surface area contributed by atoms with Crippen molar-refractivity contribution in [1.82, 2.24) is 19.6 Å². The largest absolute Gasteiger partial charge is 0.469 e. The fourth-order valence-electron chi connectivity index (χ4n) is 5.90. The highest BCUT2D eigenvalue weighted by atomic mass is 16.6. The maximum Gasteiger partial charge on any atom is 0.410 e. The topological polar surface area (TPSA) is 65.6 Å². The predicted octanol–water partition coefficient (Wildman–Crippen LogP) is 3.46. The van der Waals surface area contributed by atoms with Crippen molar-refractivity contribution in [2.45, 2.75) is 57.6 Å². The highest BCUT2D eigenvalue weighted by Gasteiger charge is 2.32. The molecule has 1 atom stereocenters. The first-order valence-corrected chi connectivity index (χ1v) is 14.3. The van der Waals surface area contributed by atoms with Crippen LogP contribution >= 0.6 is 0 Å². The molecule has 37 heavy (non-hydrogen) atoms. The molecular formula is C29H46N4O4. The maximum absolute atomic E-state index is 12.4. The summed E-state index contributed by atoms with van der Waals surface area (Å²) in [4.78, 5) is 33.0. The number of nitrogens with zero attached hydrogens (tertiary/aromatic N) is 4. The molecule has 0 aliphatic carbocycles. The number of piperidine rings is 1. The van der Waals surface area contributed by atoms with Crippen molar-refractivity contribution < 1.29 is 19.1 Å². The molecule has 0 bridgehead atoms. The Kier molecular flexibility index (Phi) is 11.1. The zero-order valence-electron chi connectivity index (χ0n) is 22.7. The third-order valence-electron chi connectivity index (χ3n) is 8.21. The number of methoxy groups -OCH3 is 1. The first kappa shape index (κ1) is 27.9. The van der Waals surface area contributed by atoms with E-state index in [1.165, 1.54) is 51.4 Å². The molecule has 8 nitrogen and oxygen atoms in total. The predicted molar refractivity (Wildman–Crippen MR) is 144 cm³/mol. The second kappa shape index (κ2) is 14.7. The number of rotatable bonds is 13. The van der Waals surface area contributed by atoms with Gasteiger partial charge in [-0.15, -0.1) is 0 Å². The van der Waals surface area contributed by atoms with E-state index in [0.717, 1.165) is 77.7 Å². The molecule has 3 saturated heterocycles. The number of cyclic esters (lactones) is 1. The molecule has 0 spiro atoms. The lowest BCUT2D eigenvalue weighted by atomic mass is 9.91. The molecule has 4 rings (SSSR count). The number of hydrogen-bond donors (Lipinski definition) is 0. The van der Waals surface area contributed by atoms with Gasteiger partial charge in [0.05, 0.1) is 13.7 Å². The van der Waals surface area contributed by atoms with Crippen LogP contribution in [0.2, 0.25) is 0 Å². The van der Waals surface area contributed by atoms with Crippen LogP contribution < -0.4 is 0 Å². The van der Waals surface area contributed by atoms with Gasteiger partial charge in [-0.3, -0.25) is 14.6 Å². The summed E-state index contributed by atoms with van der Waals surface area (Å²) in [6.07, 6.45) is 7.28. The van der Waals surface area contributed by atoms with Crippen molar-refractivity contribution in [1.29, 1.82) is 0 Å². The van der Waals surface area contributed by atoms with Crippen LogP contribution in [0.15, 0.2) is 30.3 Å². The Bertz CT molecular complexity index is 822. The summed E-state index contributed by atoms with van der Waals surface area (Å²) in [6, 6.07) is 10.8. The molecule has 3 fully saturated rings. The number of likely N-dealkylation sites (tertiary alicyclic amines) is 1. The lowest BCUT2D eigenvalue weighted by Crippen LogP contribution is -2.49. The zero-order chi connectivity index (χ0) is 25.9. The Labute approximate surface area is 222 Å². The van der Waals surface area contributed by atoms with E-state index in [-0.39, 0.29) is 18.2 Å². The Morgan fingerprint density at radius 2 is 1.65 bits per heavy atom. The van der Waals surface area contributed by atoms with Gasteiger partial charge < -0.3 is 19.3 Å². The van der Waals surface area contributed by atoms with Gasteiger partial charge in [-0.1, -0.05) is 43.2 Å². The van der Waals surface area contributed by atoms with Gasteiger partial charge in [-0.25, -0.2) is 4.79 Å². The van der Waals surface area contributed by atoms with E-state index in [0.29, 0.717) is 6.42 Å². The quantitative estimate of drug-likeness (QED) is 0.295. The molecule has 3 aliphatic rings. The molecule has 1 aromatic carbocycles. The number of piperazine rings is 1. The molecule has 0 N–H and O–H groups in total. The molecule has 1 amide bonds. The van der Waals surface area contributed by atoms with Crippen LogP contribution in [0.4, 0.5) is 4.79 Å². The average molecular weight is 515 g/mol. The molecular weight excluding hydrogens is 468 g/mol. The summed E-state index contributed by atoms with van der Waals surface area (Å²) in [5, 5.41) is 0. The molecule has 0 saturated carbocycles. The van der Waals surface area contributed by atoms with Gasteiger partial charge in [0.2, 0.25) is 0 Å². The van der Waals surface area contributed by atoms with Crippen molar-refractivity contribution in [3.05, 3.63) is 35.9 Å². The van der Waals surface area contributed by atoms with Crippen molar-refractivity contribution in [3.8, 4) is 0 Å². The smallest absolute Gasteiger partial charge is 0.410 e. The van der Waals surface area contributed by atoms with E-state index in [9.17, 15) is 9.59 Å². The van der Waals surface area contributed by atoms with Gasteiger partial charge in [-0.2, -0.15) is 0 Å². The fourth-order valence-corrected chi connectivity index (χ4v) is 5.90. The minimum atomic E-state index is -0.138. The number of amides is 1. The van der Waals surface area contributed by atoms with Gasteiger partial charge >= 0.3 is 12.1 Å². The van der Waals surface area contributed by atoms with Gasteiger partial charge in [0.15, 0.2) is 0 Å². The summed E-state index contributed by atoms with van der Waals surface area (Å²) in [7, 11) is 1.44. The molecule has 1 unspecified atom stereocenters. The van der Waals surface area contributed by atoms with Crippen LogP contribution in [0.5, 0.6) is 0 Å². The Morgan fingerprint density at radius 1 is 0.919 bits per heavy atom. The monoisotopic (exact) mass is 514 g/mol. The van der Waals surface area contributed by atoms with Crippen LogP contribution in [-0.2, 0) is 20.8 Å². The minimum absolute atomic E-state index is 0.0210. The summed E-state index contributed by atoms with van der Waals surface area (Å²) in [5.41, 5.74) is 1.41. The van der Waals surface area contributed by atoms with Crippen molar-refractivity contribution >= 4 is 12.1 Å². The van der Waals surface area contributed by atoms with Crippen molar-refractivity contribution in [2.75, 3.05) is 72.6 Å². The van der Waals surface area contributed by atoms with E-state index >= 15 is 0 Å². The maximum atomic E-state index is 12.4. The van der Waals surface area contributed by atoms with Gasteiger partial charge in [0.25, 0.3) is 0 Å². The zero-order valence-corrected chi connectivity index (χ0v) is 22.7. The van der Waals surface area contributed by atoms with Crippen LogP contribution in [-0.4, -0.2) is 110 Å². The second-order valence-electron chi connectivity index (χ2n) is 11.0. The Balaban J connectivity index is 1.03. The first-order valence-electron chi connectivity index (χ1n) is 14.3. The molecule has 206 valence electrons. The summed E-state index contributed by atoms with van der Waals surface area (Å²) in [6.45, 7) is 10.7. The number of carbonyl (C=O) groups excluding carboxylic acids is 2. The molecule has 1 aromatic rings. The van der Waals surface area contributed by atoms with E-state index in [1.807, 2.05) is 4.90 Å². The van der Waals surface area contributed by atoms with Gasteiger partial charge in [-0.05, 0) is 56.8 Å². The van der Waals surface area contributed by atoms with Gasteiger partial charge in [0, 0.05) is 52.2 Å². The molecule has 3 aliphatic heterocycles.